The van der Waals surface area contributed by atoms with E-state index >= 15 is 0 Å². The van der Waals surface area contributed by atoms with Gasteiger partial charge in [-0.2, -0.15) is 0 Å². The van der Waals surface area contributed by atoms with Crippen LogP contribution in [-0.4, -0.2) is 32.4 Å². The van der Waals surface area contributed by atoms with Crippen LogP contribution >= 0.6 is 0 Å². The van der Waals surface area contributed by atoms with Crippen molar-refractivity contribution in [3.05, 3.63) is 41.5 Å². The molecule has 1 aromatic carbocycles. The molecule has 0 amide bonds. The number of halogens is 2. The van der Waals surface area contributed by atoms with Crippen LogP contribution in [-0.2, 0) is 25.6 Å². The second-order valence-corrected chi connectivity index (χ2v) is 4.65. The summed E-state index contributed by atoms with van der Waals surface area (Å²) in [5, 5.41) is 0. The van der Waals surface area contributed by atoms with E-state index in [1.165, 1.54) is 13.2 Å². The van der Waals surface area contributed by atoms with Gasteiger partial charge in [-0.1, -0.05) is 18.2 Å². The number of carbonyl (C=O) groups excluding carboxylic acids is 1. The average molecular weight is 314 g/mol. The molecule has 0 aliphatic heterocycles. The molecule has 0 aromatic heterocycles. The molecule has 22 heavy (non-hydrogen) atoms. The Morgan fingerprint density at radius 1 is 1.36 bits per heavy atom. The van der Waals surface area contributed by atoms with Crippen molar-refractivity contribution in [1.29, 1.82) is 0 Å². The molecule has 6 heteroatoms. The molecule has 0 saturated carbocycles. The lowest BCUT2D eigenvalue weighted by Crippen LogP contribution is -2.15. The molecule has 0 heterocycles. The number of esters is 1. The van der Waals surface area contributed by atoms with E-state index in [4.69, 9.17) is 14.2 Å². The maximum atomic E-state index is 13.8. The van der Waals surface area contributed by atoms with Crippen molar-refractivity contribution >= 4 is 11.5 Å². The van der Waals surface area contributed by atoms with Gasteiger partial charge in [0.25, 0.3) is 5.92 Å². The Balaban J connectivity index is 3.05. The van der Waals surface area contributed by atoms with Gasteiger partial charge >= 0.3 is 5.97 Å². The number of benzene rings is 1. The van der Waals surface area contributed by atoms with Crippen molar-refractivity contribution in [2.45, 2.75) is 26.4 Å². The summed E-state index contributed by atoms with van der Waals surface area (Å²) in [5.41, 5.74) is 0.562. The number of alkyl halides is 2. The van der Waals surface area contributed by atoms with E-state index in [-0.39, 0.29) is 31.1 Å². The predicted octanol–water partition coefficient (Wildman–Crippen LogP) is 3.41. The highest BCUT2D eigenvalue weighted by molar-refractivity contribution is 5.93. The van der Waals surface area contributed by atoms with E-state index < -0.39 is 11.9 Å². The second-order valence-electron chi connectivity index (χ2n) is 4.65. The van der Waals surface area contributed by atoms with E-state index in [9.17, 15) is 13.6 Å². The van der Waals surface area contributed by atoms with Crippen LogP contribution in [0.1, 0.15) is 25.0 Å². The number of ether oxygens (including phenoxy) is 3. The fourth-order valence-corrected chi connectivity index (χ4v) is 1.84. The third-order valence-corrected chi connectivity index (χ3v) is 2.73. The van der Waals surface area contributed by atoms with Crippen molar-refractivity contribution in [3.8, 4) is 0 Å². The lowest BCUT2D eigenvalue weighted by Gasteiger charge is -2.16. The SMILES string of the molecule is CCOC(=O)/C=C(\c1cccc(COCOC)c1)C(C)(F)F. The third kappa shape index (κ3) is 5.91. The number of allylic oxidation sites excluding steroid dienone is 1. The minimum Gasteiger partial charge on any atom is -0.463 e. The number of hydrogen-bond donors (Lipinski definition) is 0. The van der Waals surface area contributed by atoms with Crippen LogP contribution in [0.4, 0.5) is 8.78 Å². The molecular weight excluding hydrogens is 294 g/mol. The Hall–Kier alpha value is -1.79. The molecule has 0 unspecified atom stereocenters. The summed E-state index contributed by atoms with van der Waals surface area (Å²) in [5.74, 6) is -3.96. The fraction of sp³-hybridized carbons (Fsp3) is 0.438. The maximum Gasteiger partial charge on any atom is 0.331 e. The highest BCUT2D eigenvalue weighted by Crippen LogP contribution is 2.32. The molecule has 0 radical (unpaired) electrons. The van der Waals surface area contributed by atoms with Crippen LogP contribution in [0.5, 0.6) is 0 Å². The van der Waals surface area contributed by atoms with E-state index in [1.807, 2.05) is 0 Å². The Morgan fingerprint density at radius 2 is 2.09 bits per heavy atom. The lowest BCUT2D eigenvalue weighted by molar-refractivity contribution is -0.137. The average Bonchev–Trinajstić information content (AvgIpc) is 2.44. The number of carbonyl (C=O) groups is 1. The minimum absolute atomic E-state index is 0.111. The zero-order valence-electron chi connectivity index (χ0n) is 12.9. The van der Waals surface area contributed by atoms with E-state index in [1.54, 1.807) is 25.1 Å². The number of hydrogen-bond acceptors (Lipinski definition) is 4. The van der Waals surface area contributed by atoms with Gasteiger partial charge in [-0.15, -0.1) is 0 Å². The maximum absolute atomic E-state index is 13.8. The fourth-order valence-electron chi connectivity index (χ4n) is 1.84. The molecule has 122 valence electrons. The first kappa shape index (κ1) is 18.3. The molecule has 1 aromatic rings. The van der Waals surface area contributed by atoms with E-state index in [0.29, 0.717) is 5.56 Å². The first-order valence-corrected chi connectivity index (χ1v) is 6.81. The molecule has 0 aliphatic rings. The van der Waals surface area contributed by atoms with E-state index in [0.717, 1.165) is 13.0 Å². The van der Waals surface area contributed by atoms with Crippen LogP contribution < -0.4 is 0 Å². The summed E-state index contributed by atoms with van der Waals surface area (Å²) in [6.07, 6.45) is 0.832. The van der Waals surface area contributed by atoms with Crippen LogP contribution in [0.3, 0.4) is 0 Å². The number of methoxy groups -OCH3 is 1. The summed E-state index contributed by atoms with van der Waals surface area (Å²) in [6, 6.07) is 6.45. The second kappa shape index (κ2) is 8.60. The van der Waals surface area contributed by atoms with Gasteiger partial charge in [-0.25, -0.2) is 13.6 Å². The standard InChI is InChI=1S/C16H20F2O4/c1-4-22-15(19)9-14(16(2,17)18)13-7-5-6-12(8-13)10-21-11-20-3/h5-9H,4,10-11H2,1-3H3/b14-9+. The summed E-state index contributed by atoms with van der Waals surface area (Å²) in [7, 11) is 1.49. The quantitative estimate of drug-likeness (QED) is 0.319. The van der Waals surface area contributed by atoms with Crippen LogP contribution in [0.25, 0.3) is 5.57 Å². The van der Waals surface area contributed by atoms with Crippen molar-refractivity contribution in [1.82, 2.24) is 0 Å². The molecule has 1 rings (SSSR count). The zero-order valence-corrected chi connectivity index (χ0v) is 12.9. The van der Waals surface area contributed by atoms with Crippen LogP contribution in [0.2, 0.25) is 0 Å². The molecule has 0 fully saturated rings. The molecule has 0 atom stereocenters. The van der Waals surface area contributed by atoms with Crippen LogP contribution in [0, 0.1) is 0 Å². The lowest BCUT2D eigenvalue weighted by atomic mass is 9.98. The normalized spacial score (nSPS) is 12.3. The largest absolute Gasteiger partial charge is 0.463 e. The molecule has 0 saturated heterocycles. The van der Waals surface area contributed by atoms with Gasteiger partial charge in [0.05, 0.1) is 13.2 Å². The summed E-state index contributed by atoms with van der Waals surface area (Å²) in [6.45, 7) is 2.82. The summed E-state index contributed by atoms with van der Waals surface area (Å²) in [4.78, 5) is 11.5. The molecule has 0 spiro atoms. The summed E-state index contributed by atoms with van der Waals surface area (Å²) < 4.78 is 42.2. The van der Waals surface area contributed by atoms with Crippen LogP contribution in [0.15, 0.2) is 30.3 Å². The highest BCUT2D eigenvalue weighted by Gasteiger charge is 2.30. The van der Waals surface area contributed by atoms with Gasteiger partial charge in [0, 0.05) is 25.7 Å². The van der Waals surface area contributed by atoms with Gasteiger partial charge in [0.1, 0.15) is 6.79 Å². The van der Waals surface area contributed by atoms with Crippen molar-refractivity contribution in [2.24, 2.45) is 0 Å². The first-order valence-electron chi connectivity index (χ1n) is 6.81. The van der Waals surface area contributed by atoms with Gasteiger partial charge in [-0.3, -0.25) is 0 Å². The molecule has 0 bridgehead atoms. The monoisotopic (exact) mass is 314 g/mol. The molecule has 0 N–H and O–H groups in total. The highest BCUT2D eigenvalue weighted by atomic mass is 19.3. The topological polar surface area (TPSA) is 44.8 Å². The Bertz CT molecular complexity index is 521. The van der Waals surface area contributed by atoms with Crippen molar-refractivity contribution in [3.63, 3.8) is 0 Å². The van der Waals surface area contributed by atoms with Crippen molar-refractivity contribution in [2.75, 3.05) is 20.5 Å². The Kier molecular flexibility index (Phi) is 7.14. The predicted molar refractivity (Wildman–Crippen MR) is 78.3 cm³/mol. The molecular formula is C16H20F2O4. The third-order valence-electron chi connectivity index (χ3n) is 2.73. The van der Waals surface area contributed by atoms with Gasteiger partial charge in [0.15, 0.2) is 0 Å². The van der Waals surface area contributed by atoms with Gasteiger partial charge < -0.3 is 14.2 Å². The Morgan fingerprint density at radius 3 is 2.68 bits per heavy atom. The Labute approximate surface area is 128 Å². The first-order chi connectivity index (χ1) is 10.4. The van der Waals surface area contributed by atoms with Gasteiger partial charge in [-0.05, 0) is 24.1 Å². The molecule has 4 nitrogen and oxygen atoms in total. The zero-order chi connectivity index (χ0) is 16.6. The van der Waals surface area contributed by atoms with Gasteiger partial charge in [0.2, 0.25) is 0 Å². The van der Waals surface area contributed by atoms with Crippen molar-refractivity contribution < 1.29 is 27.8 Å². The summed E-state index contributed by atoms with van der Waals surface area (Å²) >= 11 is 0. The smallest absolute Gasteiger partial charge is 0.331 e. The minimum atomic E-state index is -3.17. The molecule has 0 aliphatic carbocycles. The number of rotatable bonds is 8. The van der Waals surface area contributed by atoms with E-state index in [2.05, 4.69) is 0 Å².